The lowest BCUT2D eigenvalue weighted by Gasteiger charge is -2.35. The second-order valence-electron chi connectivity index (χ2n) is 5.51. The standard InChI is InChI=1S/C13H26N2O/c1-9-5-7-12(8-6-9)15(4)13(16)10(2)11(3)14/h9-12H,5-8,14H2,1-4H3. The third-order valence-corrected chi connectivity index (χ3v) is 4.06. The van der Waals surface area contributed by atoms with Gasteiger partial charge in [-0.2, -0.15) is 0 Å². The summed E-state index contributed by atoms with van der Waals surface area (Å²) in [6.45, 7) is 6.12. The lowest BCUT2D eigenvalue weighted by atomic mass is 9.86. The summed E-state index contributed by atoms with van der Waals surface area (Å²) in [5, 5.41) is 0. The summed E-state index contributed by atoms with van der Waals surface area (Å²) in [7, 11) is 1.93. The summed E-state index contributed by atoms with van der Waals surface area (Å²) in [4.78, 5) is 14.0. The van der Waals surface area contributed by atoms with Gasteiger partial charge in [0.05, 0.1) is 5.92 Å². The summed E-state index contributed by atoms with van der Waals surface area (Å²) in [6.07, 6.45) is 4.79. The van der Waals surface area contributed by atoms with E-state index < -0.39 is 0 Å². The van der Waals surface area contributed by atoms with Gasteiger partial charge in [-0.3, -0.25) is 4.79 Å². The van der Waals surface area contributed by atoms with Gasteiger partial charge >= 0.3 is 0 Å². The molecule has 1 fully saturated rings. The monoisotopic (exact) mass is 226 g/mol. The Kier molecular flexibility index (Phi) is 4.78. The molecular formula is C13H26N2O. The number of hydrogen-bond donors (Lipinski definition) is 1. The van der Waals surface area contributed by atoms with Crippen molar-refractivity contribution >= 4 is 5.91 Å². The molecule has 1 rings (SSSR count). The van der Waals surface area contributed by atoms with Gasteiger partial charge in [-0.1, -0.05) is 13.8 Å². The maximum Gasteiger partial charge on any atom is 0.226 e. The summed E-state index contributed by atoms with van der Waals surface area (Å²) < 4.78 is 0. The first-order chi connectivity index (χ1) is 7.43. The van der Waals surface area contributed by atoms with Crippen LogP contribution in [0.4, 0.5) is 0 Å². The largest absolute Gasteiger partial charge is 0.342 e. The van der Waals surface area contributed by atoms with Crippen molar-refractivity contribution in [3.05, 3.63) is 0 Å². The number of nitrogens with zero attached hydrogens (tertiary/aromatic N) is 1. The summed E-state index contributed by atoms with van der Waals surface area (Å²) >= 11 is 0. The number of carbonyl (C=O) groups is 1. The van der Waals surface area contributed by atoms with Crippen molar-refractivity contribution < 1.29 is 4.79 Å². The maximum absolute atomic E-state index is 12.1. The van der Waals surface area contributed by atoms with Crippen molar-refractivity contribution in [1.29, 1.82) is 0 Å². The van der Waals surface area contributed by atoms with E-state index in [2.05, 4.69) is 6.92 Å². The zero-order valence-corrected chi connectivity index (χ0v) is 11.1. The van der Waals surface area contributed by atoms with Gasteiger partial charge in [-0.15, -0.1) is 0 Å². The quantitative estimate of drug-likeness (QED) is 0.800. The molecular weight excluding hydrogens is 200 g/mol. The van der Waals surface area contributed by atoms with Gasteiger partial charge in [-0.25, -0.2) is 0 Å². The fraction of sp³-hybridized carbons (Fsp3) is 0.923. The molecule has 0 heterocycles. The number of nitrogens with two attached hydrogens (primary N) is 1. The molecule has 0 aromatic heterocycles. The van der Waals surface area contributed by atoms with E-state index in [1.807, 2.05) is 25.8 Å². The highest BCUT2D eigenvalue weighted by Crippen LogP contribution is 2.27. The van der Waals surface area contributed by atoms with E-state index in [0.717, 1.165) is 18.8 Å². The molecule has 1 aliphatic rings. The van der Waals surface area contributed by atoms with Crippen LogP contribution in [0.25, 0.3) is 0 Å². The fourth-order valence-electron chi connectivity index (χ4n) is 2.36. The predicted molar refractivity (Wildman–Crippen MR) is 67.0 cm³/mol. The minimum atomic E-state index is -0.0654. The normalized spacial score (nSPS) is 29.6. The van der Waals surface area contributed by atoms with Crippen LogP contribution >= 0.6 is 0 Å². The molecule has 1 amide bonds. The molecule has 0 aliphatic heterocycles. The van der Waals surface area contributed by atoms with Crippen LogP contribution in [0.1, 0.15) is 46.5 Å². The number of hydrogen-bond acceptors (Lipinski definition) is 2. The molecule has 94 valence electrons. The number of amides is 1. The second-order valence-corrected chi connectivity index (χ2v) is 5.51. The van der Waals surface area contributed by atoms with Crippen molar-refractivity contribution in [2.75, 3.05) is 7.05 Å². The van der Waals surface area contributed by atoms with Crippen LogP contribution in [-0.2, 0) is 4.79 Å². The molecule has 16 heavy (non-hydrogen) atoms. The van der Waals surface area contributed by atoms with E-state index in [9.17, 15) is 4.79 Å². The molecule has 3 heteroatoms. The van der Waals surface area contributed by atoms with Crippen LogP contribution in [0.5, 0.6) is 0 Å². The lowest BCUT2D eigenvalue weighted by molar-refractivity contribution is -0.137. The smallest absolute Gasteiger partial charge is 0.226 e. The summed E-state index contributed by atoms with van der Waals surface area (Å²) in [5.41, 5.74) is 5.78. The van der Waals surface area contributed by atoms with Crippen LogP contribution in [0.2, 0.25) is 0 Å². The molecule has 0 radical (unpaired) electrons. The lowest BCUT2D eigenvalue weighted by Crippen LogP contribution is -2.45. The molecule has 3 nitrogen and oxygen atoms in total. The first-order valence-electron chi connectivity index (χ1n) is 6.45. The van der Waals surface area contributed by atoms with Crippen LogP contribution in [0.3, 0.4) is 0 Å². The Morgan fingerprint density at radius 3 is 2.19 bits per heavy atom. The third kappa shape index (κ3) is 3.21. The van der Waals surface area contributed by atoms with Gasteiger partial charge in [0.1, 0.15) is 0 Å². The van der Waals surface area contributed by atoms with Crippen molar-refractivity contribution in [2.45, 2.75) is 58.5 Å². The Hall–Kier alpha value is -0.570. The van der Waals surface area contributed by atoms with Gasteiger partial charge in [0.25, 0.3) is 0 Å². The summed E-state index contributed by atoms with van der Waals surface area (Å²) in [5.74, 6) is 0.963. The minimum Gasteiger partial charge on any atom is -0.342 e. The molecule has 2 atom stereocenters. The molecule has 0 bridgehead atoms. The molecule has 0 spiro atoms. The molecule has 2 N–H and O–H groups in total. The van der Waals surface area contributed by atoms with Gasteiger partial charge in [0.2, 0.25) is 5.91 Å². The second kappa shape index (κ2) is 5.67. The number of carbonyl (C=O) groups excluding carboxylic acids is 1. The summed E-state index contributed by atoms with van der Waals surface area (Å²) in [6, 6.07) is 0.377. The Morgan fingerprint density at radius 1 is 1.25 bits per heavy atom. The molecule has 1 aliphatic carbocycles. The van der Waals surface area contributed by atoms with Crippen LogP contribution in [0.15, 0.2) is 0 Å². The third-order valence-electron chi connectivity index (χ3n) is 4.06. The maximum atomic E-state index is 12.1. The van der Waals surface area contributed by atoms with Crippen molar-refractivity contribution in [2.24, 2.45) is 17.6 Å². The highest BCUT2D eigenvalue weighted by Gasteiger charge is 2.28. The Morgan fingerprint density at radius 2 is 1.75 bits per heavy atom. The molecule has 0 aromatic rings. The van der Waals surface area contributed by atoms with E-state index >= 15 is 0 Å². The zero-order chi connectivity index (χ0) is 12.3. The average Bonchev–Trinajstić information content (AvgIpc) is 2.27. The highest BCUT2D eigenvalue weighted by atomic mass is 16.2. The average molecular weight is 226 g/mol. The zero-order valence-electron chi connectivity index (χ0n) is 11.1. The van der Waals surface area contributed by atoms with E-state index in [1.54, 1.807) is 0 Å². The predicted octanol–water partition coefficient (Wildman–Crippen LogP) is 2.01. The molecule has 2 unspecified atom stereocenters. The van der Waals surface area contributed by atoms with Gasteiger partial charge in [-0.05, 0) is 38.5 Å². The van der Waals surface area contributed by atoms with E-state index in [1.165, 1.54) is 12.8 Å². The van der Waals surface area contributed by atoms with E-state index in [-0.39, 0.29) is 17.9 Å². The van der Waals surface area contributed by atoms with Crippen molar-refractivity contribution in [1.82, 2.24) is 4.90 Å². The van der Waals surface area contributed by atoms with Crippen LogP contribution in [-0.4, -0.2) is 29.9 Å². The SMILES string of the molecule is CC1CCC(N(C)C(=O)C(C)C(C)N)CC1. The van der Waals surface area contributed by atoms with Crippen LogP contribution in [0, 0.1) is 11.8 Å². The van der Waals surface area contributed by atoms with Gasteiger partial charge < -0.3 is 10.6 Å². The Bertz CT molecular complexity index is 232. The first kappa shape index (κ1) is 13.5. The molecule has 0 aromatic carbocycles. The Balaban J connectivity index is 2.50. The van der Waals surface area contributed by atoms with Gasteiger partial charge in [0, 0.05) is 19.1 Å². The molecule has 1 saturated carbocycles. The molecule has 0 saturated heterocycles. The van der Waals surface area contributed by atoms with Crippen molar-refractivity contribution in [3.63, 3.8) is 0 Å². The van der Waals surface area contributed by atoms with E-state index in [4.69, 9.17) is 5.73 Å². The van der Waals surface area contributed by atoms with Crippen LogP contribution < -0.4 is 5.73 Å². The minimum absolute atomic E-state index is 0.0579. The van der Waals surface area contributed by atoms with Crippen molar-refractivity contribution in [3.8, 4) is 0 Å². The fourth-order valence-corrected chi connectivity index (χ4v) is 2.36. The topological polar surface area (TPSA) is 46.3 Å². The first-order valence-corrected chi connectivity index (χ1v) is 6.45. The Labute approximate surface area is 99.4 Å². The highest BCUT2D eigenvalue weighted by molar-refractivity contribution is 5.79. The van der Waals surface area contributed by atoms with Gasteiger partial charge in [0.15, 0.2) is 0 Å². The number of rotatable bonds is 3. The van der Waals surface area contributed by atoms with E-state index in [0.29, 0.717) is 6.04 Å².